The van der Waals surface area contributed by atoms with Gasteiger partial charge in [0.05, 0.1) is 6.61 Å². The van der Waals surface area contributed by atoms with Crippen LogP contribution in [0.4, 0.5) is 0 Å². The number of ether oxygens (including phenoxy) is 1. The number of aliphatic hydroxyl groups is 1. The van der Waals surface area contributed by atoms with Crippen LogP contribution in [0.1, 0.15) is 5.56 Å². The minimum atomic E-state index is -1.10. The van der Waals surface area contributed by atoms with E-state index in [1.807, 2.05) is 30.3 Å². The highest BCUT2D eigenvalue weighted by atomic mass is 80.0. The standard InChI is InChI=1S/C11H11Br3O3/c12-11(13,14)10(16)17-9(7-15)6-8-4-2-1-3-5-8/h1-5,9,15H,6-7H2. The molecule has 0 aromatic heterocycles. The lowest BCUT2D eigenvalue weighted by atomic mass is 10.1. The lowest BCUT2D eigenvalue weighted by molar-refractivity contribution is -0.148. The predicted molar refractivity (Wildman–Crippen MR) is 76.6 cm³/mol. The second-order valence-corrected chi connectivity index (χ2v) is 10.2. The van der Waals surface area contributed by atoms with E-state index in [4.69, 9.17) is 4.74 Å². The number of aliphatic hydroxyl groups excluding tert-OH is 1. The summed E-state index contributed by atoms with van der Waals surface area (Å²) in [5.74, 6) is -0.535. The fourth-order valence-electron chi connectivity index (χ4n) is 1.24. The molecule has 94 valence electrons. The zero-order valence-corrected chi connectivity index (χ0v) is 13.5. The molecule has 0 saturated heterocycles. The number of hydrogen-bond donors (Lipinski definition) is 1. The van der Waals surface area contributed by atoms with Gasteiger partial charge in [-0.2, -0.15) is 0 Å². The molecule has 0 fully saturated rings. The topological polar surface area (TPSA) is 46.5 Å². The largest absolute Gasteiger partial charge is 0.457 e. The molecule has 0 aliphatic rings. The number of carbonyl (C=O) groups is 1. The Hall–Kier alpha value is 0.0900. The molecule has 1 unspecified atom stereocenters. The molecule has 0 bridgehead atoms. The SMILES string of the molecule is O=C(OC(CO)Cc1ccccc1)C(Br)(Br)Br. The maximum Gasteiger partial charge on any atom is 0.345 e. The molecule has 0 aliphatic carbocycles. The number of esters is 1. The van der Waals surface area contributed by atoms with E-state index < -0.39 is 14.2 Å². The normalized spacial score (nSPS) is 13.2. The van der Waals surface area contributed by atoms with E-state index in [0.29, 0.717) is 6.42 Å². The van der Waals surface area contributed by atoms with Crippen LogP contribution in [0.2, 0.25) is 0 Å². The Kier molecular flexibility index (Phi) is 6.12. The number of carbonyl (C=O) groups excluding carboxylic acids is 1. The third-order valence-corrected chi connectivity index (χ3v) is 2.99. The molecular weight excluding hydrogens is 420 g/mol. The van der Waals surface area contributed by atoms with Gasteiger partial charge in [0.15, 0.2) is 0 Å². The average Bonchev–Trinajstić information content (AvgIpc) is 2.28. The van der Waals surface area contributed by atoms with Crippen LogP contribution in [0.25, 0.3) is 0 Å². The van der Waals surface area contributed by atoms with E-state index in [1.54, 1.807) is 0 Å². The van der Waals surface area contributed by atoms with Crippen molar-refractivity contribution in [2.45, 2.75) is 14.7 Å². The van der Waals surface area contributed by atoms with E-state index in [0.717, 1.165) is 5.56 Å². The van der Waals surface area contributed by atoms with Gasteiger partial charge in [-0.25, -0.2) is 4.79 Å². The van der Waals surface area contributed by atoms with E-state index >= 15 is 0 Å². The van der Waals surface area contributed by atoms with Crippen LogP contribution in [-0.4, -0.2) is 25.9 Å². The van der Waals surface area contributed by atoms with Crippen molar-refractivity contribution in [2.75, 3.05) is 6.61 Å². The molecule has 0 saturated carbocycles. The van der Waals surface area contributed by atoms with Gasteiger partial charge in [-0.1, -0.05) is 30.3 Å². The van der Waals surface area contributed by atoms with Crippen LogP contribution >= 0.6 is 47.8 Å². The summed E-state index contributed by atoms with van der Waals surface area (Å²) in [5.41, 5.74) is 1.00. The molecule has 0 radical (unpaired) electrons. The highest BCUT2D eigenvalue weighted by molar-refractivity contribution is 9.40. The van der Waals surface area contributed by atoms with Gasteiger partial charge in [-0.3, -0.25) is 0 Å². The Morgan fingerprint density at radius 3 is 2.35 bits per heavy atom. The molecule has 1 N–H and O–H groups in total. The second-order valence-electron chi connectivity index (χ2n) is 3.40. The summed E-state index contributed by atoms with van der Waals surface area (Å²) in [4.78, 5) is 11.6. The van der Waals surface area contributed by atoms with Crippen LogP contribution in [-0.2, 0) is 16.0 Å². The molecule has 1 rings (SSSR count). The number of alkyl halides is 3. The van der Waals surface area contributed by atoms with Gasteiger partial charge >= 0.3 is 5.97 Å². The highest BCUT2D eigenvalue weighted by Crippen LogP contribution is 2.35. The summed E-state index contributed by atoms with van der Waals surface area (Å²) in [7, 11) is 0. The Balaban J connectivity index is 2.59. The molecule has 1 atom stereocenters. The summed E-state index contributed by atoms with van der Waals surface area (Å²) in [6.07, 6.45) is -0.0801. The van der Waals surface area contributed by atoms with Crippen LogP contribution in [0, 0.1) is 0 Å². The fraction of sp³-hybridized carbons (Fsp3) is 0.364. The maximum atomic E-state index is 11.6. The third-order valence-electron chi connectivity index (χ3n) is 2.01. The van der Waals surface area contributed by atoms with Crippen molar-refractivity contribution in [3.8, 4) is 0 Å². The predicted octanol–water partition coefficient (Wildman–Crippen LogP) is 2.97. The van der Waals surface area contributed by atoms with Gasteiger partial charge in [-0.15, -0.1) is 0 Å². The lowest BCUT2D eigenvalue weighted by Gasteiger charge is -2.19. The average molecular weight is 431 g/mol. The van der Waals surface area contributed by atoms with Crippen molar-refractivity contribution in [3.05, 3.63) is 35.9 Å². The Bertz CT molecular complexity index is 362. The summed E-state index contributed by atoms with van der Waals surface area (Å²) in [6, 6.07) is 9.54. The van der Waals surface area contributed by atoms with Gasteiger partial charge in [0, 0.05) is 6.42 Å². The number of rotatable bonds is 4. The van der Waals surface area contributed by atoms with E-state index in [9.17, 15) is 9.90 Å². The Labute approximate surface area is 125 Å². The minimum absolute atomic E-state index is 0.219. The van der Waals surface area contributed by atoms with Crippen molar-refractivity contribution in [1.82, 2.24) is 0 Å². The van der Waals surface area contributed by atoms with E-state index in [2.05, 4.69) is 47.8 Å². The van der Waals surface area contributed by atoms with Gasteiger partial charge in [0.2, 0.25) is 2.14 Å². The van der Waals surface area contributed by atoms with Crippen molar-refractivity contribution in [1.29, 1.82) is 0 Å². The first-order chi connectivity index (χ1) is 7.93. The molecule has 0 amide bonds. The molecular formula is C11H11Br3O3. The summed E-state index contributed by atoms with van der Waals surface area (Å²) < 4.78 is 4.04. The molecule has 3 nitrogen and oxygen atoms in total. The Morgan fingerprint density at radius 1 is 1.29 bits per heavy atom. The first-order valence-corrected chi connectivity index (χ1v) is 7.24. The smallest absolute Gasteiger partial charge is 0.345 e. The van der Waals surface area contributed by atoms with Gasteiger partial charge < -0.3 is 9.84 Å². The van der Waals surface area contributed by atoms with Crippen LogP contribution in [0.15, 0.2) is 30.3 Å². The zero-order chi connectivity index (χ0) is 12.9. The third kappa shape index (κ3) is 5.50. The molecule has 0 spiro atoms. The van der Waals surface area contributed by atoms with Gasteiger partial charge in [0.1, 0.15) is 6.10 Å². The monoisotopic (exact) mass is 428 g/mol. The second kappa shape index (κ2) is 6.87. The Morgan fingerprint density at radius 2 is 1.88 bits per heavy atom. The van der Waals surface area contributed by atoms with Gasteiger partial charge in [0.25, 0.3) is 0 Å². The van der Waals surface area contributed by atoms with Crippen LogP contribution in [0.5, 0.6) is 0 Å². The molecule has 17 heavy (non-hydrogen) atoms. The molecule has 1 aromatic carbocycles. The van der Waals surface area contributed by atoms with Crippen molar-refractivity contribution >= 4 is 53.8 Å². The van der Waals surface area contributed by atoms with Gasteiger partial charge in [-0.05, 0) is 53.4 Å². The quantitative estimate of drug-likeness (QED) is 0.590. The number of hydrogen-bond acceptors (Lipinski definition) is 3. The first kappa shape index (κ1) is 15.1. The van der Waals surface area contributed by atoms with Crippen LogP contribution in [0.3, 0.4) is 0 Å². The summed E-state index contributed by atoms with van der Waals surface area (Å²) in [5, 5.41) is 9.18. The zero-order valence-electron chi connectivity index (χ0n) is 8.78. The van der Waals surface area contributed by atoms with Crippen molar-refractivity contribution in [2.24, 2.45) is 0 Å². The van der Waals surface area contributed by atoms with Crippen molar-refractivity contribution < 1.29 is 14.6 Å². The summed E-state index contributed by atoms with van der Waals surface area (Å²) >= 11 is 9.19. The summed E-state index contributed by atoms with van der Waals surface area (Å²) in [6.45, 7) is -0.219. The fourth-order valence-corrected chi connectivity index (χ4v) is 1.52. The first-order valence-electron chi connectivity index (χ1n) is 4.86. The lowest BCUT2D eigenvalue weighted by Crippen LogP contribution is -2.30. The van der Waals surface area contributed by atoms with E-state index in [-0.39, 0.29) is 6.61 Å². The van der Waals surface area contributed by atoms with Crippen molar-refractivity contribution in [3.63, 3.8) is 0 Å². The number of benzene rings is 1. The number of halogens is 3. The molecule has 0 aliphatic heterocycles. The highest BCUT2D eigenvalue weighted by Gasteiger charge is 2.32. The minimum Gasteiger partial charge on any atom is -0.457 e. The van der Waals surface area contributed by atoms with Crippen LogP contribution < -0.4 is 0 Å². The molecule has 1 aromatic rings. The molecule has 0 heterocycles. The van der Waals surface area contributed by atoms with E-state index in [1.165, 1.54) is 0 Å². The maximum absolute atomic E-state index is 11.6. The molecule has 6 heteroatoms.